The molecule has 0 aromatic heterocycles. The van der Waals surface area contributed by atoms with E-state index in [0.29, 0.717) is 36.6 Å². The Morgan fingerprint density at radius 2 is 1.81 bits per heavy atom. The minimum absolute atomic E-state index is 0.0763. The molecule has 1 heterocycles. The highest BCUT2D eigenvalue weighted by Gasteiger charge is 2.40. The molecule has 3 rings (SSSR count). The highest BCUT2D eigenvalue weighted by Crippen LogP contribution is 2.36. The van der Waals surface area contributed by atoms with E-state index < -0.39 is 15.6 Å². The maximum absolute atomic E-state index is 12.6. The first-order valence-corrected chi connectivity index (χ1v) is 10.4. The van der Waals surface area contributed by atoms with Crippen LogP contribution in [0.3, 0.4) is 0 Å². The van der Waals surface area contributed by atoms with Gasteiger partial charge in [-0.15, -0.1) is 0 Å². The van der Waals surface area contributed by atoms with Crippen molar-refractivity contribution in [2.24, 2.45) is 5.92 Å². The van der Waals surface area contributed by atoms with Crippen molar-refractivity contribution in [1.29, 1.82) is 0 Å². The Morgan fingerprint density at radius 3 is 2.46 bits per heavy atom. The second-order valence-electron chi connectivity index (χ2n) is 6.46. The van der Waals surface area contributed by atoms with Crippen LogP contribution in [-0.4, -0.2) is 33.3 Å². The molecular weight excluding hydrogens is 374 g/mol. The Balaban J connectivity index is 1.86. The topological polar surface area (TPSA) is 75.6 Å². The molecule has 26 heavy (non-hydrogen) atoms. The summed E-state index contributed by atoms with van der Waals surface area (Å²) in [5.74, 6) is -0.0966. The summed E-state index contributed by atoms with van der Waals surface area (Å²) in [7, 11) is -3.79. The van der Waals surface area contributed by atoms with Gasteiger partial charge in [0.2, 0.25) is 10.0 Å². The van der Waals surface area contributed by atoms with Gasteiger partial charge >= 0.3 is 0 Å². The Hall–Kier alpha value is -1.44. The molecule has 140 valence electrons. The Bertz CT molecular complexity index is 838. The summed E-state index contributed by atoms with van der Waals surface area (Å²) in [5.41, 5.74) is -0.614. The second-order valence-corrected chi connectivity index (χ2v) is 8.66. The van der Waals surface area contributed by atoms with E-state index in [4.69, 9.17) is 16.3 Å². The zero-order chi connectivity index (χ0) is 18.6. The van der Waals surface area contributed by atoms with Crippen molar-refractivity contribution < 1.29 is 18.3 Å². The lowest BCUT2D eigenvalue weighted by Gasteiger charge is -2.39. The minimum atomic E-state index is -3.79. The summed E-state index contributed by atoms with van der Waals surface area (Å²) in [6.07, 6.45) is 1.34. The van der Waals surface area contributed by atoms with Gasteiger partial charge in [-0.1, -0.05) is 48.0 Å². The normalized spacial score (nSPS) is 18.4. The first kappa shape index (κ1) is 19.3. The summed E-state index contributed by atoms with van der Waals surface area (Å²) < 4.78 is 33.2. The van der Waals surface area contributed by atoms with E-state index in [0.717, 1.165) is 0 Å². The van der Waals surface area contributed by atoms with Gasteiger partial charge in [-0.25, -0.2) is 13.1 Å². The van der Waals surface area contributed by atoms with Gasteiger partial charge in [-0.05, 0) is 42.5 Å². The molecule has 0 unspecified atom stereocenters. The second kappa shape index (κ2) is 8.06. The molecule has 1 atom stereocenters. The number of nitrogens with one attached hydrogen (secondary N) is 1. The van der Waals surface area contributed by atoms with Gasteiger partial charge in [0.1, 0.15) is 5.60 Å². The highest BCUT2D eigenvalue weighted by molar-refractivity contribution is 7.89. The van der Waals surface area contributed by atoms with Crippen molar-refractivity contribution >= 4 is 21.6 Å². The van der Waals surface area contributed by atoms with Crippen LogP contribution >= 0.6 is 11.6 Å². The number of rotatable bonds is 6. The Labute approximate surface area is 159 Å². The van der Waals surface area contributed by atoms with E-state index in [2.05, 4.69) is 4.72 Å². The predicted octanol–water partition coefficient (Wildman–Crippen LogP) is 2.93. The van der Waals surface area contributed by atoms with E-state index in [1.165, 1.54) is 12.1 Å². The van der Waals surface area contributed by atoms with Gasteiger partial charge in [-0.2, -0.15) is 0 Å². The third-order valence-electron chi connectivity index (χ3n) is 4.81. The molecule has 1 aliphatic heterocycles. The van der Waals surface area contributed by atoms with Gasteiger partial charge in [0.25, 0.3) is 0 Å². The zero-order valence-electron chi connectivity index (χ0n) is 14.3. The van der Waals surface area contributed by atoms with Crippen molar-refractivity contribution in [3.05, 3.63) is 65.2 Å². The molecule has 0 bridgehead atoms. The van der Waals surface area contributed by atoms with Crippen LogP contribution < -0.4 is 4.72 Å². The van der Waals surface area contributed by atoms with Crippen LogP contribution in [0.1, 0.15) is 18.4 Å². The minimum Gasteiger partial charge on any atom is -0.383 e. The molecule has 5 nitrogen and oxygen atoms in total. The molecule has 0 spiro atoms. The standard InChI is InChI=1S/C19H22ClNO4S/c20-17-7-4-8-18(13-17)26(23,24)21-14-19(22,15-5-2-1-3-6-15)16-9-11-25-12-10-16/h1-8,13,16,21-22H,9-12,14H2/t19-/m1/s1. The van der Waals surface area contributed by atoms with Gasteiger partial charge in [-0.3, -0.25) is 0 Å². The molecule has 1 fully saturated rings. The maximum atomic E-state index is 12.6. The number of hydrogen-bond donors (Lipinski definition) is 2. The van der Waals surface area contributed by atoms with E-state index in [1.807, 2.05) is 30.3 Å². The highest BCUT2D eigenvalue weighted by atomic mass is 35.5. The number of hydrogen-bond acceptors (Lipinski definition) is 4. The smallest absolute Gasteiger partial charge is 0.240 e. The molecule has 0 saturated carbocycles. The molecule has 2 aromatic carbocycles. The van der Waals surface area contributed by atoms with Gasteiger partial charge < -0.3 is 9.84 Å². The van der Waals surface area contributed by atoms with Crippen molar-refractivity contribution in [1.82, 2.24) is 4.72 Å². The summed E-state index contributed by atoms with van der Waals surface area (Å²) in [4.78, 5) is 0.0763. The molecule has 0 aliphatic carbocycles. The average Bonchev–Trinajstić information content (AvgIpc) is 2.67. The van der Waals surface area contributed by atoms with Crippen LogP contribution in [0.15, 0.2) is 59.5 Å². The van der Waals surface area contributed by atoms with Crippen LogP contribution in [0.5, 0.6) is 0 Å². The lowest BCUT2D eigenvalue weighted by Crippen LogP contribution is -2.47. The number of benzene rings is 2. The van der Waals surface area contributed by atoms with Gasteiger partial charge in [0, 0.05) is 24.8 Å². The summed E-state index contributed by atoms with van der Waals surface area (Å²) in [6, 6.07) is 15.2. The fourth-order valence-corrected chi connectivity index (χ4v) is 4.68. The molecule has 1 saturated heterocycles. The van der Waals surface area contributed by atoms with Gasteiger partial charge in [0.15, 0.2) is 0 Å². The first-order valence-electron chi connectivity index (χ1n) is 8.53. The van der Waals surface area contributed by atoms with E-state index in [9.17, 15) is 13.5 Å². The van der Waals surface area contributed by atoms with E-state index >= 15 is 0 Å². The fraction of sp³-hybridized carbons (Fsp3) is 0.368. The largest absolute Gasteiger partial charge is 0.383 e. The van der Waals surface area contributed by atoms with E-state index in [-0.39, 0.29) is 17.4 Å². The van der Waals surface area contributed by atoms with Crippen LogP contribution in [-0.2, 0) is 20.4 Å². The third-order valence-corrected chi connectivity index (χ3v) is 6.44. The van der Waals surface area contributed by atoms with Crippen LogP contribution in [0, 0.1) is 5.92 Å². The SMILES string of the molecule is O=S(=O)(NC[C@@](O)(c1ccccc1)C1CCOCC1)c1cccc(Cl)c1. The Kier molecular flexibility index (Phi) is 5.99. The lowest BCUT2D eigenvalue weighted by atomic mass is 9.77. The van der Waals surface area contributed by atoms with Crippen LogP contribution in [0.2, 0.25) is 5.02 Å². The summed E-state index contributed by atoms with van der Waals surface area (Å²) >= 11 is 5.90. The maximum Gasteiger partial charge on any atom is 0.240 e. The van der Waals surface area contributed by atoms with E-state index in [1.54, 1.807) is 12.1 Å². The monoisotopic (exact) mass is 395 g/mol. The number of sulfonamides is 1. The fourth-order valence-electron chi connectivity index (χ4n) is 3.31. The summed E-state index contributed by atoms with van der Waals surface area (Å²) in [5, 5.41) is 11.8. The molecule has 1 aliphatic rings. The van der Waals surface area contributed by atoms with Crippen molar-refractivity contribution in [2.45, 2.75) is 23.3 Å². The van der Waals surface area contributed by atoms with Crippen LogP contribution in [0.25, 0.3) is 0 Å². The molecule has 7 heteroatoms. The summed E-state index contributed by atoms with van der Waals surface area (Å²) in [6.45, 7) is 0.998. The van der Waals surface area contributed by atoms with Gasteiger partial charge in [0.05, 0.1) is 4.90 Å². The van der Waals surface area contributed by atoms with Crippen molar-refractivity contribution in [3.8, 4) is 0 Å². The molecule has 0 amide bonds. The van der Waals surface area contributed by atoms with Crippen molar-refractivity contribution in [3.63, 3.8) is 0 Å². The average molecular weight is 396 g/mol. The third kappa shape index (κ3) is 4.27. The quantitative estimate of drug-likeness (QED) is 0.788. The molecule has 2 aromatic rings. The number of ether oxygens (including phenoxy) is 1. The predicted molar refractivity (Wildman–Crippen MR) is 101 cm³/mol. The molecule has 0 radical (unpaired) electrons. The van der Waals surface area contributed by atoms with Crippen LogP contribution in [0.4, 0.5) is 0 Å². The number of halogens is 1. The lowest BCUT2D eigenvalue weighted by molar-refractivity contribution is -0.0663. The van der Waals surface area contributed by atoms with Crippen molar-refractivity contribution in [2.75, 3.05) is 19.8 Å². The first-order chi connectivity index (χ1) is 12.4. The molecule has 2 N–H and O–H groups in total. The Morgan fingerprint density at radius 1 is 1.12 bits per heavy atom. The number of aliphatic hydroxyl groups is 1. The zero-order valence-corrected chi connectivity index (χ0v) is 15.8. The molecular formula is C19H22ClNO4S.